The first kappa shape index (κ1) is 10.0. The van der Waals surface area contributed by atoms with E-state index in [1.807, 2.05) is 0 Å². The number of hydrogen-bond acceptors (Lipinski definition) is 2. The van der Waals surface area contributed by atoms with Gasteiger partial charge in [0, 0.05) is 19.8 Å². The predicted molar refractivity (Wildman–Crippen MR) is 50.9 cm³/mol. The van der Waals surface area contributed by atoms with Crippen molar-refractivity contribution in [3.8, 4) is 0 Å². The fourth-order valence-electron chi connectivity index (χ4n) is 1.81. The molecule has 72 valence electrons. The summed E-state index contributed by atoms with van der Waals surface area (Å²) in [6.45, 7) is 5.36. The summed E-state index contributed by atoms with van der Waals surface area (Å²) in [5.41, 5.74) is 6.10. The Bertz CT molecular complexity index is 138. The van der Waals surface area contributed by atoms with E-state index in [0.29, 0.717) is 12.0 Å². The van der Waals surface area contributed by atoms with Gasteiger partial charge in [-0.1, -0.05) is 13.8 Å². The molecule has 0 amide bonds. The molecule has 0 saturated heterocycles. The number of nitrogens with two attached hydrogens (primary N) is 1. The molecule has 4 atom stereocenters. The highest BCUT2D eigenvalue weighted by atomic mass is 16.5. The molecular weight excluding hydrogens is 150 g/mol. The fraction of sp³-hybridized carbons (Fsp3) is 1.00. The lowest BCUT2D eigenvalue weighted by Crippen LogP contribution is -2.31. The Hall–Kier alpha value is -0.0800. The van der Waals surface area contributed by atoms with Gasteiger partial charge in [0.25, 0.3) is 0 Å². The first-order valence-electron chi connectivity index (χ1n) is 4.91. The van der Waals surface area contributed by atoms with Crippen molar-refractivity contribution in [3.05, 3.63) is 0 Å². The van der Waals surface area contributed by atoms with E-state index in [1.54, 1.807) is 7.11 Å². The number of hydrogen-bond donors (Lipinski definition) is 1. The summed E-state index contributed by atoms with van der Waals surface area (Å²) < 4.78 is 5.03. The van der Waals surface area contributed by atoms with Crippen molar-refractivity contribution < 1.29 is 4.74 Å². The van der Waals surface area contributed by atoms with Crippen molar-refractivity contribution in [3.63, 3.8) is 0 Å². The smallest absolute Gasteiger partial charge is 0.0465 e. The van der Waals surface area contributed by atoms with E-state index >= 15 is 0 Å². The Morgan fingerprint density at radius 1 is 1.58 bits per heavy atom. The van der Waals surface area contributed by atoms with Crippen LogP contribution in [0.25, 0.3) is 0 Å². The molecule has 1 fully saturated rings. The molecule has 0 aliphatic heterocycles. The van der Waals surface area contributed by atoms with Gasteiger partial charge in [0.15, 0.2) is 0 Å². The van der Waals surface area contributed by atoms with E-state index in [2.05, 4.69) is 13.8 Å². The number of ether oxygens (including phenoxy) is 1. The topological polar surface area (TPSA) is 35.2 Å². The molecule has 0 aromatic rings. The van der Waals surface area contributed by atoms with Gasteiger partial charge in [0.05, 0.1) is 0 Å². The van der Waals surface area contributed by atoms with Crippen LogP contribution in [0.2, 0.25) is 0 Å². The number of methoxy groups -OCH3 is 1. The molecule has 1 rings (SSSR count). The van der Waals surface area contributed by atoms with Crippen molar-refractivity contribution >= 4 is 0 Å². The largest absolute Gasteiger partial charge is 0.385 e. The average Bonchev–Trinajstić information content (AvgIpc) is 2.77. The minimum absolute atomic E-state index is 0.398. The maximum atomic E-state index is 6.10. The van der Waals surface area contributed by atoms with Crippen LogP contribution in [0.3, 0.4) is 0 Å². The highest BCUT2D eigenvalue weighted by Crippen LogP contribution is 2.42. The predicted octanol–water partition coefficient (Wildman–Crippen LogP) is 1.64. The molecule has 0 heterocycles. The summed E-state index contributed by atoms with van der Waals surface area (Å²) in [7, 11) is 1.75. The van der Waals surface area contributed by atoms with Crippen molar-refractivity contribution in [1.29, 1.82) is 0 Å². The summed E-state index contributed by atoms with van der Waals surface area (Å²) >= 11 is 0. The Morgan fingerprint density at radius 3 is 2.58 bits per heavy atom. The molecule has 0 radical (unpaired) electrons. The zero-order valence-corrected chi connectivity index (χ0v) is 8.42. The van der Waals surface area contributed by atoms with Crippen LogP contribution in [0.5, 0.6) is 0 Å². The first-order chi connectivity index (χ1) is 5.66. The van der Waals surface area contributed by atoms with Crippen LogP contribution in [-0.4, -0.2) is 19.8 Å². The average molecular weight is 171 g/mol. The van der Waals surface area contributed by atoms with E-state index in [-0.39, 0.29) is 0 Å². The maximum absolute atomic E-state index is 6.10. The second kappa shape index (κ2) is 4.24. The van der Waals surface area contributed by atoms with Gasteiger partial charge >= 0.3 is 0 Å². The third-order valence-corrected chi connectivity index (χ3v) is 3.10. The van der Waals surface area contributed by atoms with Crippen molar-refractivity contribution in [2.24, 2.45) is 23.5 Å². The van der Waals surface area contributed by atoms with Crippen LogP contribution in [0, 0.1) is 17.8 Å². The molecule has 0 bridgehead atoms. The lowest BCUT2D eigenvalue weighted by Gasteiger charge is -2.19. The monoisotopic (exact) mass is 171 g/mol. The van der Waals surface area contributed by atoms with Gasteiger partial charge in [-0.25, -0.2) is 0 Å². The van der Waals surface area contributed by atoms with Gasteiger partial charge in [-0.3, -0.25) is 0 Å². The molecule has 0 aromatic carbocycles. The SMILES string of the molecule is COCCC(C)C(N)C1CC1C. The molecule has 1 saturated carbocycles. The van der Waals surface area contributed by atoms with Gasteiger partial charge in [-0.15, -0.1) is 0 Å². The zero-order chi connectivity index (χ0) is 9.14. The van der Waals surface area contributed by atoms with Crippen molar-refractivity contribution in [2.45, 2.75) is 32.7 Å². The molecule has 12 heavy (non-hydrogen) atoms. The van der Waals surface area contributed by atoms with Crippen molar-refractivity contribution in [2.75, 3.05) is 13.7 Å². The van der Waals surface area contributed by atoms with Gasteiger partial charge in [0.2, 0.25) is 0 Å². The van der Waals surface area contributed by atoms with Gasteiger partial charge in [-0.2, -0.15) is 0 Å². The molecule has 0 aromatic heterocycles. The quantitative estimate of drug-likeness (QED) is 0.682. The van der Waals surface area contributed by atoms with Crippen LogP contribution in [0.1, 0.15) is 26.7 Å². The molecule has 1 aliphatic carbocycles. The standard InChI is InChI=1S/C10H21NO/c1-7(4-5-12-3)10(11)9-6-8(9)2/h7-10H,4-6,11H2,1-3H3. The summed E-state index contributed by atoms with van der Waals surface area (Å²) in [6.07, 6.45) is 2.43. The number of rotatable bonds is 5. The van der Waals surface area contributed by atoms with Crippen LogP contribution in [0.15, 0.2) is 0 Å². The molecule has 2 N–H and O–H groups in total. The highest BCUT2D eigenvalue weighted by molar-refractivity contribution is 4.92. The third-order valence-electron chi connectivity index (χ3n) is 3.10. The molecular formula is C10H21NO. The van der Waals surface area contributed by atoms with E-state index in [1.165, 1.54) is 6.42 Å². The summed E-state index contributed by atoms with van der Waals surface area (Å²) in [6, 6.07) is 0.398. The fourth-order valence-corrected chi connectivity index (χ4v) is 1.81. The summed E-state index contributed by atoms with van der Waals surface area (Å²) in [5, 5.41) is 0. The minimum atomic E-state index is 0.398. The van der Waals surface area contributed by atoms with Gasteiger partial charge in [0.1, 0.15) is 0 Å². The Morgan fingerprint density at radius 2 is 2.17 bits per heavy atom. The molecule has 0 spiro atoms. The van der Waals surface area contributed by atoms with Gasteiger partial charge < -0.3 is 10.5 Å². The lowest BCUT2D eigenvalue weighted by atomic mass is 9.95. The van der Waals surface area contributed by atoms with Crippen LogP contribution < -0.4 is 5.73 Å². The molecule has 4 unspecified atom stereocenters. The third kappa shape index (κ3) is 2.46. The van der Waals surface area contributed by atoms with E-state index < -0.39 is 0 Å². The second-order valence-electron chi connectivity index (χ2n) is 4.21. The summed E-state index contributed by atoms with van der Waals surface area (Å²) in [4.78, 5) is 0. The van der Waals surface area contributed by atoms with Crippen LogP contribution in [-0.2, 0) is 4.74 Å². The normalized spacial score (nSPS) is 33.0. The maximum Gasteiger partial charge on any atom is 0.0465 e. The van der Waals surface area contributed by atoms with E-state index in [4.69, 9.17) is 10.5 Å². The minimum Gasteiger partial charge on any atom is -0.385 e. The van der Waals surface area contributed by atoms with Crippen LogP contribution in [0.4, 0.5) is 0 Å². The zero-order valence-electron chi connectivity index (χ0n) is 8.42. The second-order valence-corrected chi connectivity index (χ2v) is 4.21. The Balaban J connectivity index is 2.17. The summed E-state index contributed by atoms with van der Waals surface area (Å²) in [5.74, 6) is 2.27. The first-order valence-corrected chi connectivity index (χ1v) is 4.91. The Kier molecular flexibility index (Phi) is 3.53. The van der Waals surface area contributed by atoms with E-state index in [0.717, 1.165) is 24.9 Å². The Labute approximate surface area is 75.5 Å². The molecule has 1 aliphatic rings. The highest BCUT2D eigenvalue weighted by Gasteiger charge is 2.39. The van der Waals surface area contributed by atoms with Crippen molar-refractivity contribution in [1.82, 2.24) is 0 Å². The van der Waals surface area contributed by atoms with E-state index in [9.17, 15) is 0 Å². The van der Waals surface area contributed by atoms with Crippen LogP contribution >= 0.6 is 0 Å². The van der Waals surface area contributed by atoms with Gasteiger partial charge in [-0.05, 0) is 30.6 Å². The molecule has 2 nitrogen and oxygen atoms in total. The molecule has 2 heteroatoms. The lowest BCUT2D eigenvalue weighted by molar-refractivity contribution is 0.171.